The Bertz CT molecular complexity index is 152. The summed E-state index contributed by atoms with van der Waals surface area (Å²) >= 11 is 0. The molecule has 1 unspecified atom stereocenters. The maximum Gasteiger partial charge on any atom is 0.123 e. The van der Waals surface area contributed by atoms with Crippen molar-refractivity contribution in [1.82, 2.24) is 0 Å². The van der Waals surface area contributed by atoms with Crippen LogP contribution in [0.2, 0.25) is 0 Å². The summed E-state index contributed by atoms with van der Waals surface area (Å²) < 4.78 is 12.1. The molecule has 0 saturated heterocycles. The zero-order chi connectivity index (χ0) is 5.98. The van der Waals surface area contributed by atoms with Crippen LogP contribution in [-0.2, 0) is 0 Å². The van der Waals surface area contributed by atoms with Gasteiger partial charge in [-0.2, -0.15) is 0 Å². The highest BCUT2D eigenvalue weighted by Crippen LogP contribution is 1.94. The molecule has 3 heteroatoms. The van der Waals surface area contributed by atoms with Crippen molar-refractivity contribution in [3.8, 4) is 0 Å². The number of halogens is 1. The molecule has 0 aromatic heterocycles. The molecule has 1 aromatic rings. The van der Waals surface area contributed by atoms with Gasteiger partial charge >= 0.3 is 0 Å². The molecule has 0 spiro atoms. The highest BCUT2D eigenvalue weighted by atomic mass is 31.0. The molecule has 0 saturated carbocycles. The van der Waals surface area contributed by atoms with Crippen molar-refractivity contribution in [2.24, 2.45) is 0 Å². The second-order valence-electron chi connectivity index (χ2n) is 1.55. The van der Waals surface area contributed by atoms with E-state index in [2.05, 4.69) is 9.24 Å². The Morgan fingerprint density at radius 2 is 1.56 bits per heavy atom. The van der Waals surface area contributed by atoms with Gasteiger partial charge in [0, 0.05) is 0 Å². The highest BCUT2D eigenvalue weighted by Gasteiger charge is 1.83. The van der Waals surface area contributed by atoms with Crippen LogP contribution in [0.1, 0.15) is 0 Å². The number of hydrogen-bond acceptors (Lipinski definition) is 0. The van der Waals surface area contributed by atoms with Gasteiger partial charge in [0.05, 0.1) is 0 Å². The predicted molar refractivity (Wildman–Crippen MR) is 39.4 cm³/mol. The summed E-state index contributed by atoms with van der Waals surface area (Å²) in [7, 11) is 2.48. The van der Waals surface area contributed by atoms with Gasteiger partial charge in [0.2, 0.25) is 0 Å². The first-order valence-corrected chi connectivity index (χ1v) is 2.88. The maximum atomic E-state index is 12.1. The quantitative estimate of drug-likeness (QED) is 0.477. The Kier molecular flexibility index (Phi) is 3.36. The molecule has 1 atom stereocenters. The zero-order valence-electron chi connectivity index (χ0n) is 4.76. The second kappa shape index (κ2) is 3.54. The summed E-state index contributed by atoms with van der Waals surface area (Å²) in [6, 6.07) is 6.28. The Balaban J connectivity index is 0.000000640. The molecule has 1 nitrogen and oxygen atoms in total. The molecule has 1 rings (SSSR count). The summed E-state index contributed by atoms with van der Waals surface area (Å²) in [6.07, 6.45) is 0. The smallest absolute Gasteiger partial charge is 0.123 e. The maximum absolute atomic E-state index is 12.1. The molecule has 50 valence electrons. The molecule has 0 aliphatic heterocycles. The van der Waals surface area contributed by atoms with Crippen LogP contribution in [0.3, 0.4) is 0 Å². The lowest BCUT2D eigenvalue weighted by Crippen LogP contribution is -1.86. The summed E-state index contributed by atoms with van der Waals surface area (Å²) in [5, 5.41) is 1.01. The minimum atomic E-state index is -0.184. The first-order chi connectivity index (χ1) is 3.79. The molecule has 0 bridgehead atoms. The largest absolute Gasteiger partial charge is 0.412 e. The normalized spacial score (nSPS) is 8.22. The third-order valence-electron chi connectivity index (χ3n) is 0.870. The molecule has 2 N–H and O–H groups in total. The molecule has 0 radical (unpaired) electrons. The van der Waals surface area contributed by atoms with Gasteiger partial charge in [-0.15, -0.1) is 9.24 Å². The van der Waals surface area contributed by atoms with Gasteiger partial charge in [-0.05, 0) is 17.4 Å². The predicted octanol–water partition coefficient (Wildman–Crippen LogP) is 0.501. The van der Waals surface area contributed by atoms with Crippen LogP contribution in [0.4, 0.5) is 4.39 Å². The molecule has 0 amide bonds. The Morgan fingerprint density at radius 3 is 1.89 bits per heavy atom. The van der Waals surface area contributed by atoms with Gasteiger partial charge in [-0.3, -0.25) is 0 Å². The third kappa shape index (κ3) is 2.54. The standard InChI is InChI=1S/C6H6FP.H2O/c7-5-1-3-6(8)4-2-5;/h1-4H,8H2;1H2. The van der Waals surface area contributed by atoms with Gasteiger partial charge in [0.25, 0.3) is 0 Å². The van der Waals surface area contributed by atoms with Crippen molar-refractivity contribution in [3.63, 3.8) is 0 Å². The number of hydrogen-bond donors (Lipinski definition) is 0. The van der Waals surface area contributed by atoms with Crippen molar-refractivity contribution in [2.75, 3.05) is 0 Å². The molecule has 0 heterocycles. The van der Waals surface area contributed by atoms with E-state index in [1.165, 1.54) is 12.1 Å². The van der Waals surface area contributed by atoms with E-state index < -0.39 is 0 Å². The van der Waals surface area contributed by atoms with Crippen LogP contribution in [-0.4, -0.2) is 5.48 Å². The monoisotopic (exact) mass is 146 g/mol. The Morgan fingerprint density at radius 1 is 1.11 bits per heavy atom. The van der Waals surface area contributed by atoms with Crippen molar-refractivity contribution in [2.45, 2.75) is 0 Å². The molecular weight excluding hydrogens is 138 g/mol. The fourth-order valence-corrected chi connectivity index (χ4v) is 0.655. The van der Waals surface area contributed by atoms with E-state index in [9.17, 15) is 4.39 Å². The van der Waals surface area contributed by atoms with E-state index in [0.717, 1.165) is 5.30 Å². The lowest BCUT2D eigenvalue weighted by Gasteiger charge is -1.86. The minimum absolute atomic E-state index is 0. The molecular formula is C6H8FOP. The van der Waals surface area contributed by atoms with Crippen LogP contribution in [0.25, 0.3) is 0 Å². The minimum Gasteiger partial charge on any atom is -0.412 e. The summed E-state index contributed by atoms with van der Waals surface area (Å²) in [5.41, 5.74) is 0. The lowest BCUT2D eigenvalue weighted by molar-refractivity contribution is 0.628. The van der Waals surface area contributed by atoms with Crippen molar-refractivity contribution < 1.29 is 9.87 Å². The highest BCUT2D eigenvalue weighted by molar-refractivity contribution is 7.27. The van der Waals surface area contributed by atoms with Crippen LogP contribution in [0, 0.1) is 5.82 Å². The summed E-state index contributed by atoms with van der Waals surface area (Å²) in [6.45, 7) is 0. The van der Waals surface area contributed by atoms with Crippen LogP contribution >= 0.6 is 9.24 Å². The first kappa shape index (κ1) is 8.54. The Labute approximate surface area is 55.4 Å². The molecule has 9 heavy (non-hydrogen) atoms. The van der Waals surface area contributed by atoms with E-state index in [1.807, 2.05) is 0 Å². The van der Waals surface area contributed by atoms with Gasteiger partial charge < -0.3 is 5.48 Å². The fraction of sp³-hybridized carbons (Fsp3) is 0. The molecule has 0 fully saturated rings. The second-order valence-corrected chi connectivity index (χ2v) is 2.22. The zero-order valence-corrected chi connectivity index (χ0v) is 5.92. The third-order valence-corrected chi connectivity index (χ3v) is 1.25. The van der Waals surface area contributed by atoms with E-state index in [-0.39, 0.29) is 11.3 Å². The van der Waals surface area contributed by atoms with E-state index in [1.54, 1.807) is 12.1 Å². The topological polar surface area (TPSA) is 31.5 Å². The van der Waals surface area contributed by atoms with Crippen LogP contribution in [0.15, 0.2) is 24.3 Å². The van der Waals surface area contributed by atoms with E-state index in [0.29, 0.717) is 0 Å². The average molecular weight is 146 g/mol. The van der Waals surface area contributed by atoms with E-state index in [4.69, 9.17) is 0 Å². The van der Waals surface area contributed by atoms with Crippen molar-refractivity contribution in [1.29, 1.82) is 0 Å². The average Bonchev–Trinajstić information content (AvgIpc) is 1.77. The molecule has 0 aliphatic carbocycles. The number of benzene rings is 1. The Hall–Kier alpha value is -0.460. The summed E-state index contributed by atoms with van der Waals surface area (Å²) in [5.74, 6) is -0.184. The van der Waals surface area contributed by atoms with Crippen molar-refractivity contribution >= 4 is 14.5 Å². The van der Waals surface area contributed by atoms with Gasteiger partial charge in [-0.1, -0.05) is 12.1 Å². The van der Waals surface area contributed by atoms with Gasteiger partial charge in [0.15, 0.2) is 0 Å². The summed E-state index contributed by atoms with van der Waals surface area (Å²) in [4.78, 5) is 0. The van der Waals surface area contributed by atoms with Crippen LogP contribution < -0.4 is 5.30 Å². The number of rotatable bonds is 0. The van der Waals surface area contributed by atoms with Crippen molar-refractivity contribution in [3.05, 3.63) is 30.1 Å². The van der Waals surface area contributed by atoms with Gasteiger partial charge in [0.1, 0.15) is 5.82 Å². The lowest BCUT2D eigenvalue weighted by atomic mass is 10.4. The van der Waals surface area contributed by atoms with E-state index >= 15 is 0 Å². The van der Waals surface area contributed by atoms with Crippen LogP contribution in [0.5, 0.6) is 0 Å². The molecule has 1 aromatic carbocycles. The SMILES string of the molecule is Fc1ccc(P)cc1.O. The fourth-order valence-electron chi connectivity index (χ4n) is 0.463. The molecule has 0 aliphatic rings. The first-order valence-electron chi connectivity index (χ1n) is 2.30. The van der Waals surface area contributed by atoms with Gasteiger partial charge in [-0.25, -0.2) is 4.39 Å².